The van der Waals surface area contributed by atoms with Crippen molar-refractivity contribution in [1.29, 1.82) is 0 Å². The fraction of sp³-hybridized carbons (Fsp3) is 0.333. The van der Waals surface area contributed by atoms with E-state index in [4.69, 9.17) is 16.3 Å². The van der Waals surface area contributed by atoms with Crippen molar-refractivity contribution in [2.24, 2.45) is 0 Å². The van der Waals surface area contributed by atoms with Gasteiger partial charge in [-0.3, -0.25) is 0 Å². The van der Waals surface area contributed by atoms with E-state index in [9.17, 15) is 15.3 Å². The quantitative estimate of drug-likeness (QED) is 0.573. The number of hydrogen-bond donors (Lipinski definition) is 3. The van der Waals surface area contributed by atoms with E-state index in [2.05, 4.69) is 10.2 Å². The van der Waals surface area contributed by atoms with Crippen LogP contribution in [0.15, 0.2) is 47.8 Å². The Morgan fingerprint density at radius 1 is 1.14 bits per heavy atom. The largest absolute Gasteiger partial charge is 0.394 e. The summed E-state index contributed by atoms with van der Waals surface area (Å²) in [6.45, 7) is -0.360. The molecule has 8 heteroatoms. The van der Waals surface area contributed by atoms with Gasteiger partial charge in [0.15, 0.2) is 0 Å². The summed E-state index contributed by atoms with van der Waals surface area (Å²) in [6, 6.07) is 13.4. The molecule has 1 aliphatic heterocycles. The minimum absolute atomic E-state index is 0.244. The summed E-state index contributed by atoms with van der Waals surface area (Å²) >= 11 is 8.00. The predicted molar refractivity (Wildman–Crippen MR) is 111 cm³/mol. The van der Waals surface area contributed by atoms with Crippen molar-refractivity contribution in [3.8, 4) is 10.6 Å². The third-order valence-electron chi connectivity index (χ3n) is 5.06. The van der Waals surface area contributed by atoms with Crippen molar-refractivity contribution < 1.29 is 20.1 Å². The van der Waals surface area contributed by atoms with E-state index in [0.29, 0.717) is 11.4 Å². The summed E-state index contributed by atoms with van der Waals surface area (Å²) in [4.78, 5) is 1.07. The van der Waals surface area contributed by atoms with Crippen LogP contribution < -0.4 is 0 Å². The maximum Gasteiger partial charge on any atom is 0.110 e. The van der Waals surface area contributed by atoms with Crippen LogP contribution in [0, 0.1) is 0 Å². The molecule has 0 aliphatic carbocycles. The Hall–Kier alpha value is -1.87. The topological polar surface area (TPSA) is 95.7 Å². The van der Waals surface area contributed by atoms with Gasteiger partial charge in [-0.15, -0.1) is 16.4 Å². The van der Waals surface area contributed by atoms with Gasteiger partial charge in [0.2, 0.25) is 0 Å². The van der Waals surface area contributed by atoms with E-state index in [1.807, 2.05) is 41.8 Å². The molecular weight excluding hydrogens is 412 g/mol. The second-order valence-corrected chi connectivity index (χ2v) is 8.41. The second kappa shape index (κ2) is 8.87. The number of aromatic nitrogens is 2. The summed E-state index contributed by atoms with van der Waals surface area (Å²) in [5.41, 5.74) is 3.32. The van der Waals surface area contributed by atoms with Gasteiger partial charge in [0.1, 0.15) is 17.9 Å². The Morgan fingerprint density at radius 2 is 2.00 bits per heavy atom. The van der Waals surface area contributed by atoms with Crippen molar-refractivity contribution >= 4 is 22.9 Å². The van der Waals surface area contributed by atoms with Crippen LogP contribution in [-0.2, 0) is 11.2 Å². The van der Waals surface area contributed by atoms with Crippen LogP contribution in [0.4, 0.5) is 0 Å². The van der Waals surface area contributed by atoms with Gasteiger partial charge in [-0.25, -0.2) is 0 Å². The van der Waals surface area contributed by atoms with Crippen molar-refractivity contribution in [2.75, 3.05) is 6.61 Å². The third-order valence-corrected chi connectivity index (χ3v) is 6.32. The smallest absolute Gasteiger partial charge is 0.110 e. The maximum absolute atomic E-state index is 10.1. The zero-order chi connectivity index (χ0) is 20.4. The highest BCUT2D eigenvalue weighted by atomic mass is 35.5. The average molecular weight is 433 g/mol. The highest BCUT2D eigenvalue weighted by molar-refractivity contribution is 7.13. The molecule has 0 spiro atoms. The zero-order valence-corrected chi connectivity index (χ0v) is 17.1. The molecule has 1 fully saturated rings. The van der Waals surface area contributed by atoms with Gasteiger partial charge in [0.25, 0.3) is 0 Å². The second-order valence-electron chi connectivity index (χ2n) is 7.05. The first-order valence-corrected chi connectivity index (χ1v) is 10.6. The van der Waals surface area contributed by atoms with Crippen molar-refractivity contribution in [2.45, 2.75) is 37.3 Å². The van der Waals surface area contributed by atoms with E-state index in [1.165, 1.54) is 0 Å². The average Bonchev–Trinajstić information content (AvgIpc) is 3.27. The third kappa shape index (κ3) is 4.50. The molecule has 0 saturated carbocycles. The summed E-state index contributed by atoms with van der Waals surface area (Å²) in [7, 11) is 0. The molecule has 3 N–H and O–H groups in total. The van der Waals surface area contributed by atoms with Crippen LogP contribution in [0.2, 0.25) is 5.02 Å². The van der Waals surface area contributed by atoms with Gasteiger partial charge in [0, 0.05) is 17.9 Å². The van der Waals surface area contributed by atoms with Crippen molar-refractivity contribution in [3.05, 3.63) is 69.7 Å². The molecule has 0 radical (unpaired) electrons. The number of thiophene rings is 1. The molecule has 6 nitrogen and oxygen atoms in total. The Kier molecular flexibility index (Phi) is 6.24. The van der Waals surface area contributed by atoms with Crippen LogP contribution in [0.25, 0.3) is 10.6 Å². The first-order chi connectivity index (χ1) is 14.0. The molecule has 3 heterocycles. The van der Waals surface area contributed by atoms with E-state index >= 15 is 0 Å². The van der Waals surface area contributed by atoms with Gasteiger partial charge in [-0.2, -0.15) is 5.10 Å². The fourth-order valence-electron chi connectivity index (χ4n) is 3.45. The molecule has 1 aromatic carbocycles. The van der Waals surface area contributed by atoms with Gasteiger partial charge in [-0.1, -0.05) is 29.8 Å². The number of aliphatic hydroxyl groups excluding tert-OH is 3. The van der Waals surface area contributed by atoms with E-state index in [-0.39, 0.29) is 13.0 Å². The van der Waals surface area contributed by atoms with Crippen LogP contribution in [0.5, 0.6) is 0 Å². The Morgan fingerprint density at radius 3 is 2.69 bits per heavy atom. The van der Waals surface area contributed by atoms with E-state index in [0.717, 1.165) is 27.4 Å². The monoisotopic (exact) mass is 432 g/mol. The van der Waals surface area contributed by atoms with Crippen molar-refractivity contribution in [3.63, 3.8) is 0 Å². The molecule has 2 aromatic heterocycles. The number of nitrogens with zero attached hydrogens (tertiary/aromatic N) is 2. The van der Waals surface area contributed by atoms with Crippen LogP contribution in [0.3, 0.4) is 0 Å². The van der Waals surface area contributed by atoms with E-state index in [1.54, 1.807) is 17.4 Å². The first-order valence-electron chi connectivity index (χ1n) is 9.32. The number of ether oxygens (including phenoxy) is 1. The molecule has 152 valence electrons. The minimum atomic E-state index is -1.10. The number of rotatable bonds is 5. The molecular formula is C21H21ClN2O4S. The summed E-state index contributed by atoms with van der Waals surface area (Å²) in [5.74, 6) is 0. The van der Waals surface area contributed by atoms with Gasteiger partial charge in [0.05, 0.1) is 29.4 Å². The lowest BCUT2D eigenvalue weighted by molar-refractivity contribution is -0.181. The highest BCUT2D eigenvalue weighted by Gasteiger charge is 2.37. The lowest BCUT2D eigenvalue weighted by Crippen LogP contribution is -2.47. The van der Waals surface area contributed by atoms with Gasteiger partial charge in [-0.05, 0) is 40.8 Å². The van der Waals surface area contributed by atoms with Crippen LogP contribution in [0.1, 0.15) is 29.3 Å². The number of halogens is 1. The molecule has 1 saturated heterocycles. The summed E-state index contributed by atoms with van der Waals surface area (Å²) in [6.07, 6.45) is -2.56. The minimum Gasteiger partial charge on any atom is -0.394 e. The first kappa shape index (κ1) is 20.4. The van der Waals surface area contributed by atoms with Crippen molar-refractivity contribution in [1.82, 2.24) is 10.2 Å². The molecule has 3 aromatic rings. The van der Waals surface area contributed by atoms with Crippen LogP contribution in [-0.4, -0.2) is 50.4 Å². The molecule has 4 rings (SSSR count). The molecule has 0 unspecified atom stereocenters. The SMILES string of the molecule is OC[C@H]1O[C@@H](c2ccc(Cl)c(Cc3ccc(-c4cccs4)nn3)c2)C[C@@H](O)[C@@H]1O. The Labute approximate surface area is 177 Å². The number of aliphatic hydroxyl groups is 3. The zero-order valence-electron chi connectivity index (χ0n) is 15.5. The van der Waals surface area contributed by atoms with E-state index < -0.39 is 24.4 Å². The standard InChI is InChI=1S/C21H21ClN2O4S/c22-15-5-3-12(18-10-17(26)21(27)19(11-25)28-18)8-13(15)9-14-4-6-16(24-23-14)20-2-1-7-29-20/h1-8,17-19,21,25-27H,9-11H2/t17-,18-,19-,21+/m1/s1. The Bertz CT molecular complexity index is 952. The number of hydrogen-bond acceptors (Lipinski definition) is 7. The summed E-state index contributed by atoms with van der Waals surface area (Å²) < 4.78 is 5.78. The lowest BCUT2D eigenvalue weighted by atomic mass is 9.93. The highest BCUT2D eigenvalue weighted by Crippen LogP contribution is 2.34. The molecule has 4 atom stereocenters. The van der Waals surface area contributed by atoms with Gasteiger partial charge >= 0.3 is 0 Å². The molecule has 29 heavy (non-hydrogen) atoms. The Balaban J connectivity index is 1.53. The molecule has 0 amide bonds. The molecule has 0 bridgehead atoms. The lowest BCUT2D eigenvalue weighted by Gasteiger charge is -2.36. The normalized spacial score (nSPS) is 24.6. The number of benzene rings is 1. The fourth-order valence-corrected chi connectivity index (χ4v) is 4.33. The molecule has 1 aliphatic rings. The van der Waals surface area contributed by atoms with Crippen LogP contribution >= 0.6 is 22.9 Å². The maximum atomic E-state index is 10.1. The predicted octanol–water partition coefficient (Wildman–Crippen LogP) is 2.99. The summed E-state index contributed by atoms with van der Waals surface area (Å²) in [5, 5.41) is 40.6. The van der Waals surface area contributed by atoms with Gasteiger partial charge < -0.3 is 20.1 Å².